The van der Waals surface area contributed by atoms with Gasteiger partial charge >= 0.3 is 0 Å². The van der Waals surface area contributed by atoms with E-state index in [1.54, 1.807) is 6.07 Å². The van der Waals surface area contributed by atoms with Crippen molar-refractivity contribution in [3.05, 3.63) is 24.3 Å². The predicted molar refractivity (Wildman–Crippen MR) is 77.1 cm³/mol. The Bertz CT molecular complexity index is 359. The first-order chi connectivity index (χ1) is 8.90. The monoisotopic (exact) mass is 266 g/mol. The van der Waals surface area contributed by atoms with Gasteiger partial charge in [-0.15, -0.1) is 0 Å². The van der Waals surface area contributed by atoms with Gasteiger partial charge in [-0.3, -0.25) is 0 Å². The standard InChI is InChI=1S/C10H20O.C6H6O2/c1-7(2)9-5-4-8(3)6-10(9)11;7-5-2-1-3-6(8)4-5/h7-11H,4-6H2,1-3H3;1-4,7-8H. The van der Waals surface area contributed by atoms with Gasteiger partial charge in [-0.25, -0.2) is 0 Å². The van der Waals surface area contributed by atoms with E-state index in [0.29, 0.717) is 11.8 Å². The van der Waals surface area contributed by atoms with Crippen LogP contribution >= 0.6 is 0 Å². The topological polar surface area (TPSA) is 60.7 Å². The lowest BCUT2D eigenvalue weighted by atomic mass is 9.75. The van der Waals surface area contributed by atoms with Crippen LogP contribution in [0.25, 0.3) is 0 Å². The SMILES string of the molecule is CC1CCC(C(C)C)C(O)C1.Oc1cccc(O)c1. The Labute approximate surface area is 115 Å². The Morgan fingerprint density at radius 2 is 1.68 bits per heavy atom. The lowest BCUT2D eigenvalue weighted by molar-refractivity contribution is 0.0266. The molecule has 19 heavy (non-hydrogen) atoms. The number of hydrogen-bond acceptors (Lipinski definition) is 3. The van der Waals surface area contributed by atoms with E-state index in [1.807, 2.05) is 0 Å². The van der Waals surface area contributed by atoms with Gasteiger partial charge in [0.05, 0.1) is 6.10 Å². The molecule has 2 rings (SSSR count). The predicted octanol–water partition coefficient (Wildman–Crippen LogP) is 3.54. The Morgan fingerprint density at radius 3 is 2.05 bits per heavy atom. The van der Waals surface area contributed by atoms with Crippen molar-refractivity contribution < 1.29 is 15.3 Å². The van der Waals surface area contributed by atoms with E-state index in [0.717, 1.165) is 12.3 Å². The van der Waals surface area contributed by atoms with Crippen LogP contribution in [0.3, 0.4) is 0 Å². The number of rotatable bonds is 1. The van der Waals surface area contributed by atoms with Crippen LogP contribution in [0.4, 0.5) is 0 Å². The van der Waals surface area contributed by atoms with Crippen molar-refractivity contribution in [2.45, 2.75) is 46.1 Å². The smallest absolute Gasteiger partial charge is 0.119 e. The van der Waals surface area contributed by atoms with E-state index in [-0.39, 0.29) is 17.6 Å². The molecule has 1 aliphatic carbocycles. The fourth-order valence-electron chi connectivity index (χ4n) is 2.64. The summed E-state index contributed by atoms with van der Waals surface area (Å²) in [6.07, 6.45) is 3.52. The van der Waals surface area contributed by atoms with Gasteiger partial charge in [0.2, 0.25) is 0 Å². The van der Waals surface area contributed by atoms with Gasteiger partial charge in [0.25, 0.3) is 0 Å². The number of aliphatic hydroxyl groups excluding tert-OH is 1. The molecule has 1 aliphatic rings. The van der Waals surface area contributed by atoms with Gasteiger partial charge < -0.3 is 15.3 Å². The molecule has 1 aromatic carbocycles. The van der Waals surface area contributed by atoms with Crippen LogP contribution in [0.2, 0.25) is 0 Å². The van der Waals surface area contributed by atoms with Gasteiger partial charge in [0.15, 0.2) is 0 Å². The third-order valence-corrected chi connectivity index (χ3v) is 3.82. The van der Waals surface area contributed by atoms with Crippen molar-refractivity contribution in [2.75, 3.05) is 0 Å². The largest absolute Gasteiger partial charge is 0.508 e. The van der Waals surface area contributed by atoms with E-state index >= 15 is 0 Å². The van der Waals surface area contributed by atoms with Gasteiger partial charge in [-0.1, -0.05) is 33.3 Å². The number of hydrogen-bond donors (Lipinski definition) is 3. The molecule has 3 nitrogen and oxygen atoms in total. The maximum absolute atomic E-state index is 9.71. The Morgan fingerprint density at radius 1 is 1.11 bits per heavy atom. The average molecular weight is 266 g/mol. The summed E-state index contributed by atoms with van der Waals surface area (Å²) in [4.78, 5) is 0. The normalized spacial score (nSPS) is 26.7. The minimum Gasteiger partial charge on any atom is -0.508 e. The summed E-state index contributed by atoms with van der Waals surface area (Å²) in [7, 11) is 0. The second-order valence-electron chi connectivity index (χ2n) is 5.91. The maximum Gasteiger partial charge on any atom is 0.119 e. The van der Waals surface area contributed by atoms with Crippen molar-refractivity contribution in [3.8, 4) is 11.5 Å². The molecule has 3 atom stereocenters. The number of aromatic hydroxyl groups is 2. The zero-order chi connectivity index (χ0) is 14.4. The van der Waals surface area contributed by atoms with Gasteiger partial charge in [0, 0.05) is 6.07 Å². The highest BCUT2D eigenvalue weighted by Gasteiger charge is 2.28. The minimum atomic E-state index is -0.0289. The molecule has 108 valence electrons. The van der Waals surface area contributed by atoms with Crippen LogP contribution in [0.5, 0.6) is 11.5 Å². The molecule has 0 spiro atoms. The van der Waals surface area contributed by atoms with E-state index < -0.39 is 0 Å². The molecule has 1 aromatic rings. The fraction of sp³-hybridized carbons (Fsp3) is 0.625. The van der Waals surface area contributed by atoms with Crippen molar-refractivity contribution in [1.82, 2.24) is 0 Å². The average Bonchev–Trinajstić information content (AvgIpc) is 2.28. The summed E-state index contributed by atoms with van der Waals surface area (Å²) in [6.45, 7) is 6.66. The molecule has 0 heterocycles. The molecule has 0 aromatic heterocycles. The summed E-state index contributed by atoms with van der Waals surface area (Å²) in [5.74, 6) is 2.12. The van der Waals surface area contributed by atoms with E-state index in [9.17, 15) is 5.11 Å². The van der Waals surface area contributed by atoms with Crippen molar-refractivity contribution in [3.63, 3.8) is 0 Å². The molecular formula is C16H26O3. The lowest BCUT2D eigenvalue weighted by Gasteiger charge is -2.33. The summed E-state index contributed by atoms with van der Waals surface area (Å²) >= 11 is 0. The summed E-state index contributed by atoms with van der Waals surface area (Å²) < 4.78 is 0. The van der Waals surface area contributed by atoms with Crippen LogP contribution < -0.4 is 0 Å². The number of phenolic OH excluding ortho intramolecular Hbond substituents is 2. The molecule has 3 unspecified atom stereocenters. The molecule has 1 saturated carbocycles. The highest BCUT2D eigenvalue weighted by molar-refractivity contribution is 5.30. The van der Waals surface area contributed by atoms with Crippen molar-refractivity contribution in [1.29, 1.82) is 0 Å². The molecular weight excluding hydrogens is 240 g/mol. The Hall–Kier alpha value is -1.22. The molecule has 0 aliphatic heterocycles. The number of aliphatic hydroxyl groups is 1. The fourth-order valence-corrected chi connectivity index (χ4v) is 2.64. The minimum absolute atomic E-state index is 0.0289. The molecule has 0 bridgehead atoms. The molecule has 1 fully saturated rings. The first-order valence-corrected chi connectivity index (χ1v) is 7.06. The number of phenols is 2. The van der Waals surface area contributed by atoms with E-state index in [2.05, 4.69) is 20.8 Å². The van der Waals surface area contributed by atoms with E-state index in [1.165, 1.54) is 31.0 Å². The summed E-state index contributed by atoms with van der Waals surface area (Å²) in [5.41, 5.74) is 0. The van der Waals surface area contributed by atoms with Crippen molar-refractivity contribution in [2.24, 2.45) is 17.8 Å². The zero-order valence-electron chi connectivity index (χ0n) is 12.1. The Kier molecular flexibility index (Phi) is 6.16. The first kappa shape index (κ1) is 15.8. The van der Waals surface area contributed by atoms with Crippen LogP contribution in [-0.4, -0.2) is 21.4 Å². The van der Waals surface area contributed by atoms with Crippen LogP contribution in [0.15, 0.2) is 24.3 Å². The van der Waals surface area contributed by atoms with E-state index in [4.69, 9.17) is 10.2 Å². The lowest BCUT2D eigenvalue weighted by Crippen LogP contribution is -2.31. The third-order valence-electron chi connectivity index (χ3n) is 3.82. The van der Waals surface area contributed by atoms with Crippen molar-refractivity contribution >= 4 is 0 Å². The molecule has 0 amide bonds. The summed E-state index contributed by atoms with van der Waals surface area (Å²) in [5, 5.41) is 27.0. The quantitative estimate of drug-likeness (QED) is 0.728. The van der Waals surface area contributed by atoms with Crippen LogP contribution in [0, 0.1) is 17.8 Å². The molecule has 3 N–H and O–H groups in total. The Balaban J connectivity index is 0.000000200. The maximum atomic E-state index is 9.71. The molecule has 3 heteroatoms. The van der Waals surface area contributed by atoms with Crippen LogP contribution in [0.1, 0.15) is 40.0 Å². The third kappa shape index (κ3) is 5.52. The molecule has 0 saturated heterocycles. The van der Waals surface area contributed by atoms with Gasteiger partial charge in [-0.2, -0.15) is 0 Å². The highest BCUT2D eigenvalue weighted by Crippen LogP contribution is 2.33. The second-order valence-corrected chi connectivity index (χ2v) is 5.91. The first-order valence-electron chi connectivity index (χ1n) is 7.06. The van der Waals surface area contributed by atoms with Gasteiger partial charge in [-0.05, 0) is 42.7 Å². The van der Waals surface area contributed by atoms with Crippen LogP contribution in [-0.2, 0) is 0 Å². The molecule has 0 radical (unpaired) electrons. The zero-order valence-corrected chi connectivity index (χ0v) is 12.1. The summed E-state index contributed by atoms with van der Waals surface area (Å²) in [6, 6.07) is 5.85. The van der Waals surface area contributed by atoms with Gasteiger partial charge in [0.1, 0.15) is 11.5 Å². The highest BCUT2D eigenvalue weighted by atomic mass is 16.3. The number of benzene rings is 1. The second kappa shape index (κ2) is 7.39.